The van der Waals surface area contributed by atoms with Crippen molar-refractivity contribution in [3.63, 3.8) is 0 Å². The zero-order valence-electron chi connectivity index (χ0n) is 9.40. The van der Waals surface area contributed by atoms with Crippen molar-refractivity contribution in [3.8, 4) is 0 Å². The highest BCUT2D eigenvalue weighted by Crippen LogP contribution is 2.14. The molecule has 0 aliphatic carbocycles. The van der Waals surface area contributed by atoms with Crippen LogP contribution in [0.3, 0.4) is 0 Å². The van der Waals surface area contributed by atoms with Crippen molar-refractivity contribution in [1.82, 2.24) is 10.2 Å². The van der Waals surface area contributed by atoms with Gasteiger partial charge in [-0.25, -0.2) is 0 Å². The number of halogens is 1. The zero-order valence-corrected chi connectivity index (χ0v) is 10.2. The fourth-order valence-corrected chi connectivity index (χ4v) is 1.94. The molecule has 1 fully saturated rings. The Morgan fingerprint density at radius 1 is 1.50 bits per heavy atom. The molecule has 0 aromatic carbocycles. The predicted molar refractivity (Wildman–Crippen MR) is 63.8 cm³/mol. The van der Waals surface area contributed by atoms with E-state index in [1.807, 2.05) is 12.1 Å². The van der Waals surface area contributed by atoms with E-state index in [9.17, 15) is 0 Å². The Labute approximate surface area is 101 Å². The Balaban J connectivity index is 2.09. The molecule has 0 N–H and O–H groups in total. The van der Waals surface area contributed by atoms with Crippen LogP contribution in [0.15, 0.2) is 12.1 Å². The average Bonchev–Trinajstić information content (AvgIpc) is 2.54. The summed E-state index contributed by atoms with van der Waals surface area (Å²) >= 11 is 5.68. The summed E-state index contributed by atoms with van der Waals surface area (Å²) in [7, 11) is 0. The minimum absolute atomic E-state index is 0.247. The van der Waals surface area contributed by atoms with Crippen molar-refractivity contribution in [2.45, 2.75) is 25.3 Å². The van der Waals surface area contributed by atoms with Crippen LogP contribution in [0.5, 0.6) is 0 Å². The normalized spacial score (nSPS) is 21.9. The van der Waals surface area contributed by atoms with E-state index in [0.29, 0.717) is 5.88 Å². The maximum absolute atomic E-state index is 5.68. The first-order valence-electron chi connectivity index (χ1n) is 5.54. The SMILES string of the molecule is CC1CN(c2ccc(CCl)nn2)CCCO1. The maximum atomic E-state index is 5.68. The van der Waals surface area contributed by atoms with E-state index in [0.717, 1.165) is 37.6 Å². The third-order valence-corrected chi connectivity index (χ3v) is 2.89. The highest BCUT2D eigenvalue weighted by Gasteiger charge is 2.16. The minimum atomic E-state index is 0.247. The van der Waals surface area contributed by atoms with E-state index in [1.165, 1.54) is 0 Å². The van der Waals surface area contributed by atoms with Crippen LogP contribution in [0.4, 0.5) is 5.82 Å². The second-order valence-electron chi connectivity index (χ2n) is 4.00. The zero-order chi connectivity index (χ0) is 11.4. The fourth-order valence-electron chi connectivity index (χ4n) is 1.80. The monoisotopic (exact) mass is 241 g/mol. The lowest BCUT2D eigenvalue weighted by atomic mass is 10.3. The van der Waals surface area contributed by atoms with Crippen molar-refractivity contribution < 1.29 is 4.74 Å². The number of aromatic nitrogens is 2. The third kappa shape index (κ3) is 2.83. The van der Waals surface area contributed by atoms with Gasteiger partial charge in [0, 0.05) is 19.7 Å². The second kappa shape index (κ2) is 5.46. The number of hydrogen-bond acceptors (Lipinski definition) is 4. The molecule has 1 aliphatic rings. The van der Waals surface area contributed by atoms with Crippen LogP contribution < -0.4 is 4.90 Å². The van der Waals surface area contributed by atoms with Gasteiger partial charge in [0.15, 0.2) is 5.82 Å². The summed E-state index contributed by atoms with van der Waals surface area (Å²) in [5, 5.41) is 8.25. The van der Waals surface area contributed by atoms with Gasteiger partial charge in [0.1, 0.15) is 0 Å². The number of hydrogen-bond donors (Lipinski definition) is 0. The van der Waals surface area contributed by atoms with Crippen molar-refractivity contribution >= 4 is 17.4 Å². The summed E-state index contributed by atoms with van der Waals surface area (Å²) in [5.41, 5.74) is 0.810. The van der Waals surface area contributed by atoms with Crippen LogP contribution in [-0.4, -0.2) is 36.0 Å². The van der Waals surface area contributed by atoms with Crippen molar-refractivity contribution in [2.75, 3.05) is 24.6 Å². The molecule has 0 saturated carbocycles. The molecule has 2 heterocycles. The standard InChI is InChI=1S/C11H16ClN3O/c1-9-8-15(5-2-6-16-9)11-4-3-10(7-12)13-14-11/h3-4,9H,2,5-8H2,1H3. The van der Waals surface area contributed by atoms with Crippen molar-refractivity contribution in [3.05, 3.63) is 17.8 Å². The fraction of sp³-hybridized carbons (Fsp3) is 0.636. The number of nitrogens with zero attached hydrogens (tertiary/aromatic N) is 3. The van der Waals surface area contributed by atoms with Gasteiger partial charge < -0.3 is 9.64 Å². The summed E-state index contributed by atoms with van der Waals surface area (Å²) in [6.07, 6.45) is 1.28. The first-order chi connectivity index (χ1) is 7.79. The van der Waals surface area contributed by atoms with E-state index in [2.05, 4.69) is 22.0 Å². The lowest BCUT2D eigenvalue weighted by molar-refractivity contribution is 0.0820. The lowest BCUT2D eigenvalue weighted by Gasteiger charge is -2.22. The smallest absolute Gasteiger partial charge is 0.151 e. The average molecular weight is 242 g/mol. The van der Waals surface area contributed by atoms with Gasteiger partial charge in [-0.2, -0.15) is 5.10 Å². The van der Waals surface area contributed by atoms with Crippen molar-refractivity contribution in [2.24, 2.45) is 0 Å². The Morgan fingerprint density at radius 3 is 3.06 bits per heavy atom. The van der Waals surface area contributed by atoms with Gasteiger partial charge in [0.25, 0.3) is 0 Å². The Kier molecular flexibility index (Phi) is 3.96. The van der Waals surface area contributed by atoms with Crippen molar-refractivity contribution in [1.29, 1.82) is 0 Å². The van der Waals surface area contributed by atoms with Crippen LogP contribution in [0, 0.1) is 0 Å². The minimum Gasteiger partial charge on any atom is -0.377 e. The largest absolute Gasteiger partial charge is 0.377 e. The first-order valence-corrected chi connectivity index (χ1v) is 6.08. The van der Waals surface area contributed by atoms with Gasteiger partial charge in [0.2, 0.25) is 0 Å². The van der Waals surface area contributed by atoms with Gasteiger partial charge in [-0.15, -0.1) is 16.7 Å². The van der Waals surface area contributed by atoms with E-state index >= 15 is 0 Å². The maximum Gasteiger partial charge on any atom is 0.151 e. The first kappa shape index (κ1) is 11.6. The molecule has 1 aromatic heterocycles. The molecule has 1 unspecified atom stereocenters. The number of rotatable bonds is 2. The molecule has 1 aromatic rings. The highest BCUT2D eigenvalue weighted by atomic mass is 35.5. The Bertz CT molecular complexity index is 331. The molecule has 1 atom stereocenters. The molecule has 0 radical (unpaired) electrons. The van der Waals surface area contributed by atoms with Crippen LogP contribution in [-0.2, 0) is 10.6 Å². The molecule has 88 valence electrons. The van der Waals surface area contributed by atoms with Crippen LogP contribution in [0.1, 0.15) is 19.0 Å². The number of anilines is 1. The van der Waals surface area contributed by atoms with Crippen LogP contribution in [0.25, 0.3) is 0 Å². The molecular formula is C11H16ClN3O. The van der Waals surface area contributed by atoms with Crippen LogP contribution >= 0.6 is 11.6 Å². The molecule has 1 aliphatic heterocycles. The molecule has 16 heavy (non-hydrogen) atoms. The quantitative estimate of drug-likeness (QED) is 0.741. The molecule has 2 rings (SSSR count). The van der Waals surface area contributed by atoms with E-state index < -0.39 is 0 Å². The van der Waals surface area contributed by atoms with Gasteiger partial charge in [-0.3, -0.25) is 0 Å². The Morgan fingerprint density at radius 2 is 2.38 bits per heavy atom. The van der Waals surface area contributed by atoms with Gasteiger partial charge in [-0.05, 0) is 25.5 Å². The summed E-state index contributed by atoms with van der Waals surface area (Å²) in [5.74, 6) is 1.32. The molecule has 0 bridgehead atoms. The van der Waals surface area contributed by atoms with E-state index in [4.69, 9.17) is 16.3 Å². The lowest BCUT2D eigenvalue weighted by Crippen LogP contribution is -2.31. The summed E-state index contributed by atoms with van der Waals surface area (Å²) in [4.78, 5) is 2.21. The summed E-state index contributed by atoms with van der Waals surface area (Å²) in [6.45, 7) is 4.75. The van der Waals surface area contributed by atoms with Gasteiger partial charge in [0.05, 0.1) is 17.7 Å². The van der Waals surface area contributed by atoms with Gasteiger partial charge in [-0.1, -0.05) is 0 Å². The molecule has 0 spiro atoms. The van der Waals surface area contributed by atoms with E-state index in [1.54, 1.807) is 0 Å². The summed E-state index contributed by atoms with van der Waals surface area (Å²) in [6, 6.07) is 3.90. The summed E-state index contributed by atoms with van der Waals surface area (Å²) < 4.78 is 5.59. The Hall–Kier alpha value is -0.870. The molecule has 0 amide bonds. The molecule has 1 saturated heterocycles. The second-order valence-corrected chi connectivity index (χ2v) is 4.26. The number of alkyl halides is 1. The van der Waals surface area contributed by atoms with Gasteiger partial charge >= 0.3 is 0 Å². The van der Waals surface area contributed by atoms with Crippen LogP contribution in [0.2, 0.25) is 0 Å². The number of ether oxygens (including phenoxy) is 1. The molecule has 5 heteroatoms. The highest BCUT2D eigenvalue weighted by molar-refractivity contribution is 6.16. The topological polar surface area (TPSA) is 38.2 Å². The molecular weight excluding hydrogens is 226 g/mol. The third-order valence-electron chi connectivity index (χ3n) is 2.62. The predicted octanol–water partition coefficient (Wildman–Crippen LogP) is 1.83. The molecule has 4 nitrogen and oxygen atoms in total. The van der Waals surface area contributed by atoms with E-state index in [-0.39, 0.29) is 6.10 Å².